The fraction of sp³-hybridized carbons (Fsp3) is 0.208. The smallest absolute Gasteiger partial charge is 0.321 e. The molecule has 0 radical (unpaired) electrons. The van der Waals surface area contributed by atoms with Gasteiger partial charge in [0.15, 0.2) is 5.13 Å². The van der Waals surface area contributed by atoms with Crippen LogP contribution in [-0.2, 0) is 0 Å². The third-order valence-corrected chi connectivity index (χ3v) is 6.19. The van der Waals surface area contributed by atoms with Crippen LogP contribution in [0.5, 0.6) is 5.75 Å². The number of hydrogen-bond acceptors (Lipinski definition) is 10. The van der Waals surface area contributed by atoms with E-state index in [1.54, 1.807) is 12.1 Å². The Balaban J connectivity index is 1.52. The molecule has 3 amide bonds. The Kier molecular flexibility index (Phi) is 8.31. The summed E-state index contributed by atoms with van der Waals surface area (Å²) in [6.45, 7) is 1.07. The molecule has 0 aliphatic rings. The maximum atomic E-state index is 14.7. The lowest BCUT2D eigenvalue weighted by Gasteiger charge is -2.10. The second-order valence-corrected chi connectivity index (χ2v) is 9.34. The number of nitrogens with two attached hydrogens (primary N) is 1. The minimum atomic E-state index is -0.998. The number of rotatable bonds is 9. The Morgan fingerprint density at radius 3 is 2.67 bits per heavy atom. The number of hydrogen-bond donors (Lipinski definition) is 4. The molecule has 15 heteroatoms. The van der Waals surface area contributed by atoms with E-state index in [9.17, 15) is 18.4 Å². The molecular formula is C24H24F2N8O4S. The molecule has 0 aliphatic carbocycles. The molecule has 2 aromatic heterocycles. The maximum Gasteiger partial charge on any atom is 0.321 e. The van der Waals surface area contributed by atoms with Crippen LogP contribution in [0.2, 0.25) is 0 Å². The van der Waals surface area contributed by atoms with Gasteiger partial charge >= 0.3 is 6.03 Å². The molecule has 0 aliphatic heterocycles. The van der Waals surface area contributed by atoms with Crippen LogP contribution in [0.25, 0.3) is 22.2 Å². The molecule has 0 atom stereocenters. The van der Waals surface area contributed by atoms with Crippen molar-refractivity contribution in [3.05, 3.63) is 53.6 Å². The largest absolute Gasteiger partial charge is 0.497 e. The van der Waals surface area contributed by atoms with Gasteiger partial charge in [0.2, 0.25) is 5.82 Å². The average molecular weight is 559 g/mol. The summed E-state index contributed by atoms with van der Waals surface area (Å²) in [4.78, 5) is 35.1. The van der Waals surface area contributed by atoms with Crippen molar-refractivity contribution in [2.75, 3.05) is 50.7 Å². The summed E-state index contributed by atoms with van der Waals surface area (Å²) < 4.78 is 39.5. The number of likely N-dealkylation sites (N-methyl/N-ethyl adjacent to an activating group) is 1. The van der Waals surface area contributed by atoms with Gasteiger partial charge in [-0.15, -0.1) is 0 Å². The standard InChI is InChI=1S/C24H24F2N8O4S/c1-34(2)8-7-28-23(36)32-24-30-19(27)18(39-24)22-31-20(33-38-22)14-10-17(16(26)11-15(14)25)29-21(35)12-5-4-6-13(9-12)37-3/h4-6,9-11H,7-8,27H2,1-3H3,(H,29,35)(H2,28,30,32,36). The van der Waals surface area contributed by atoms with Gasteiger partial charge in [0, 0.05) is 24.7 Å². The van der Waals surface area contributed by atoms with Gasteiger partial charge in [0.25, 0.3) is 11.8 Å². The number of anilines is 3. The predicted octanol–water partition coefficient (Wildman–Crippen LogP) is 3.66. The molecule has 39 heavy (non-hydrogen) atoms. The minimum Gasteiger partial charge on any atom is -0.497 e. The SMILES string of the molecule is COc1cccc(C(=O)Nc2cc(-c3noc(-c4sc(NC(=O)NCCN(C)C)nc4N)n3)c(F)cc2F)c1. The number of nitrogens with one attached hydrogen (secondary N) is 3. The van der Waals surface area contributed by atoms with Gasteiger partial charge in [0.1, 0.15) is 28.1 Å². The number of carbonyl (C=O) groups excluding carboxylic acids is 2. The van der Waals surface area contributed by atoms with Crippen LogP contribution >= 0.6 is 11.3 Å². The van der Waals surface area contributed by atoms with Crippen molar-refractivity contribution >= 4 is 39.9 Å². The lowest BCUT2D eigenvalue weighted by atomic mass is 10.1. The van der Waals surface area contributed by atoms with Crippen molar-refractivity contribution in [3.63, 3.8) is 0 Å². The summed E-state index contributed by atoms with van der Waals surface area (Å²) in [6, 6.07) is 7.42. The highest BCUT2D eigenvalue weighted by Gasteiger charge is 2.22. The molecule has 2 aromatic carbocycles. The number of urea groups is 1. The van der Waals surface area contributed by atoms with E-state index >= 15 is 0 Å². The van der Waals surface area contributed by atoms with Crippen LogP contribution < -0.4 is 26.4 Å². The molecular weight excluding hydrogens is 534 g/mol. The molecule has 12 nitrogen and oxygen atoms in total. The van der Waals surface area contributed by atoms with Crippen LogP contribution in [0.3, 0.4) is 0 Å². The summed E-state index contributed by atoms with van der Waals surface area (Å²) in [6.07, 6.45) is 0. The summed E-state index contributed by atoms with van der Waals surface area (Å²) in [5, 5.41) is 11.6. The third kappa shape index (κ3) is 6.63. The zero-order valence-corrected chi connectivity index (χ0v) is 21.9. The van der Waals surface area contributed by atoms with Crippen LogP contribution in [0.15, 0.2) is 40.9 Å². The van der Waals surface area contributed by atoms with Crippen molar-refractivity contribution in [2.24, 2.45) is 0 Å². The van der Waals surface area contributed by atoms with Crippen molar-refractivity contribution in [2.45, 2.75) is 0 Å². The summed E-state index contributed by atoms with van der Waals surface area (Å²) >= 11 is 0.972. The van der Waals surface area contributed by atoms with E-state index < -0.39 is 23.6 Å². The summed E-state index contributed by atoms with van der Waals surface area (Å²) in [7, 11) is 5.20. The highest BCUT2D eigenvalue weighted by molar-refractivity contribution is 7.19. The molecule has 0 saturated carbocycles. The highest BCUT2D eigenvalue weighted by Crippen LogP contribution is 2.35. The number of nitrogens with zero attached hydrogens (tertiary/aromatic N) is 4. The van der Waals surface area contributed by atoms with Crippen molar-refractivity contribution in [3.8, 4) is 27.9 Å². The number of methoxy groups -OCH3 is 1. The molecule has 0 unspecified atom stereocenters. The van der Waals surface area contributed by atoms with Gasteiger partial charge in [-0.25, -0.2) is 18.6 Å². The molecule has 5 N–H and O–H groups in total. The number of halogens is 2. The van der Waals surface area contributed by atoms with E-state index in [4.69, 9.17) is 15.0 Å². The Labute approximate surface area is 225 Å². The quantitative estimate of drug-likeness (QED) is 0.240. The fourth-order valence-electron chi connectivity index (χ4n) is 3.27. The number of amides is 3. The summed E-state index contributed by atoms with van der Waals surface area (Å²) in [5.41, 5.74) is 5.64. The fourth-order valence-corrected chi connectivity index (χ4v) is 4.07. The van der Waals surface area contributed by atoms with Gasteiger partial charge in [0.05, 0.1) is 18.4 Å². The molecule has 0 bridgehead atoms. The Morgan fingerprint density at radius 1 is 1.13 bits per heavy atom. The second kappa shape index (κ2) is 11.8. The molecule has 0 spiro atoms. The molecule has 0 fully saturated rings. The molecule has 2 heterocycles. The zero-order valence-electron chi connectivity index (χ0n) is 21.0. The predicted molar refractivity (Wildman–Crippen MR) is 142 cm³/mol. The van der Waals surface area contributed by atoms with Crippen molar-refractivity contribution in [1.29, 1.82) is 0 Å². The first-order valence-corrected chi connectivity index (χ1v) is 12.2. The normalized spacial score (nSPS) is 10.9. The highest BCUT2D eigenvalue weighted by atomic mass is 32.1. The van der Waals surface area contributed by atoms with Gasteiger partial charge in [-0.3, -0.25) is 10.1 Å². The van der Waals surface area contributed by atoms with E-state index in [2.05, 4.69) is 31.1 Å². The first-order valence-electron chi connectivity index (χ1n) is 11.4. The average Bonchev–Trinajstić information content (AvgIpc) is 3.51. The molecule has 4 rings (SSSR count). The number of thiazole rings is 1. The first-order chi connectivity index (χ1) is 18.6. The number of ether oxygens (including phenoxy) is 1. The van der Waals surface area contributed by atoms with Gasteiger partial charge in [-0.05, 0) is 38.4 Å². The van der Waals surface area contributed by atoms with Crippen LogP contribution in [0.1, 0.15) is 10.4 Å². The topological polar surface area (TPSA) is 161 Å². The first kappa shape index (κ1) is 27.4. The Hall–Kier alpha value is -4.63. The number of aromatic nitrogens is 3. The third-order valence-electron chi connectivity index (χ3n) is 5.22. The minimum absolute atomic E-state index is 0.00427. The molecule has 0 saturated heterocycles. The van der Waals surface area contributed by atoms with E-state index in [0.29, 0.717) is 24.9 Å². The number of benzene rings is 2. The lowest BCUT2D eigenvalue weighted by molar-refractivity contribution is 0.102. The van der Waals surface area contributed by atoms with Crippen molar-refractivity contribution in [1.82, 2.24) is 25.3 Å². The maximum absolute atomic E-state index is 14.7. The Bertz CT molecular complexity index is 1510. The second-order valence-electron chi connectivity index (χ2n) is 8.34. The van der Waals surface area contributed by atoms with E-state index in [0.717, 1.165) is 17.4 Å². The van der Waals surface area contributed by atoms with Gasteiger partial charge in [-0.2, -0.15) is 4.98 Å². The van der Waals surface area contributed by atoms with Crippen LogP contribution in [0.4, 0.5) is 30.2 Å². The van der Waals surface area contributed by atoms with Gasteiger partial charge in [-0.1, -0.05) is 22.6 Å². The van der Waals surface area contributed by atoms with Crippen LogP contribution in [-0.4, -0.2) is 66.3 Å². The monoisotopic (exact) mass is 558 g/mol. The number of nitrogen functional groups attached to an aromatic ring is 1. The Morgan fingerprint density at radius 2 is 1.92 bits per heavy atom. The van der Waals surface area contributed by atoms with E-state index in [1.165, 1.54) is 19.2 Å². The van der Waals surface area contributed by atoms with Crippen LogP contribution in [0, 0.1) is 11.6 Å². The lowest BCUT2D eigenvalue weighted by Crippen LogP contribution is -2.34. The molecule has 204 valence electrons. The zero-order chi connectivity index (χ0) is 28.1. The van der Waals surface area contributed by atoms with Crippen molar-refractivity contribution < 1.29 is 27.6 Å². The number of carbonyl (C=O) groups is 2. The van der Waals surface area contributed by atoms with E-state index in [1.807, 2.05) is 19.0 Å². The summed E-state index contributed by atoms with van der Waals surface area (Å²) in [5.74, 6) is -2.48. The molecule has 4 aromatic rings. The van der Waals surface area contributed by atoms with Gasteiger partial charge < -0.3 is 30.5 Å². The van der Waals surface area contributed by atoms with E-state index in [-0.39, 0.29) is 44.4 Å².